The molecule has 1 heterocycles. The molecule has 0 amide bonds. The Morgan fingerprint density at radius 2 is 2.05 bits per heavy atom. The predicted molar refractivity (Wildman–Crippen MR) is 75.2 cm³/mol. The standard InChI is InChI=1S/C15H22FNO3/c1-5-11-8-12(16)14(18)17(9-11)13(7-10(3)4)15(19)20-6-2/h8-10,13H,5-7H2,1-4H3. The highest BCUT2D eigenvalue weighted by molar-refractivity contribution is 5.74. The Kier molecular flexibility index (Phi) is 5.92. The lowest BCUT2D eigenvalue weighted by Crippen LogP contribution is -2.33. The molecule has 112 valence electrons. The van der Waals surface area contributed by atoms with Crippen molar-refractivity contribution >= 4 is 5.97 Å². The zero-order chi connectivity index (χ0) is 15.3. The molecule has 1 atom stereocenters. The summed E-state index contributed by atoms with van der Waals surface area (Å²) in [6.07, 6.45) is 2.58. The minimum atomic E-state index is -0.831. The van der Waals surface area contributed by atoms with E-state index in [9.17, 15) is 14.0 Å². The van der Waals surface area contributed by atoms with Gasteiger partial charge in [0.2, 0.25) is 0 Å². The summed E-state index contributed by atoms with van der Waals surface area (Å²) >= 11 is 0. The van der Waals surface area contributed by atoms with Gasteiger partial charge in [0.1, 0.15) is 6.04 Å². The molecule has 0 saturated heterocycles. The highest BCUT2D eigenvalue weighted by Crippen LogP contribution is 2.19. The van der Waals surface area contributed by atoms with E-state index in [4.69, 9.17) is 4.74 Å². The summed E-state index contributed by atoms with van der Waals surface area (Å²) in [6, 6.07) is 0.444. The summed E-state index contributed by atoms with van der Waals surface area (Å²) in [5.74, 6) is -1.14. The van der Waals surface area contributed by atoms with Crippen LogP contribution >= 0.6 is 0 Å². The van der Waals surface area contributed by atoms with Crippen molar-refractivity contribution < 1.29 is 13.9 Å². The van der Waals surface area contributed by atoms with E-state index in [0.29, 0.717) is 18.4 Å². The smallest absolute Gasteiger partial charge is 0.329 e. The number of aryl methyl sites for hydroxylation is 1. The van der Waals surface area contributed by atoms with Gasteiger partial charge < -0.3 is 4.74 Å². The van der Waals surface area contributed by atoms with Gasteiger partial charge in [0.25, 0.3) is 5.56 Å². The first-order valence-corrected chi connectivity index (χ1v) is 6.97. The quantitative estimate of drug-likeness (QED) is 0.754. The lowest BCUT2D eigenvalue weighted by atomic mass is 10.0. The summed E-state index contributed by atoms with van der Waals surface area (Å²) in [5.41, 5.74) is -0.0962. The van der Waals surface area contributed by atoms with E-state index < -0.39 is 23.4 Å². The number of hydrogen-bond acceptors (Lipinski definition) is 3. The van der Waals surface area contributed by atoms with Gasteiger partial charge in [-0.05, 0) is 37.3 Å². The number of ether oxygens (including phenoxy) is 1. The van der Waals surface area contributed by atoms with E-state index in [2.05, 4.69) is 0 Å². The Hall–Kier alpha value is -1.65. The zero-order valence-electron chi connectivity index (χ0n) is 12.5. The Morgan fingerprint density at radius 3 is 2.55 bits per heavy atom. The van der Waals surface area contributed by atoms with E-state index in [1.807, 2.05) is 20.8 Å². The topological polar surface area (TPSA) is 48.3 Å². The first-order chi connectivity index (χ1) is 9.40. The Morgan fingerprint density at radius 1 is 1.40 bits per heavy atom. The predicted octanol–water partition coefficient (Wildman–Crippen LogP) is 2.70. The van der Waals surface area contributed by atoms with Gasteiger partial charge in [-0.2, -0.15) is 0 Å². The molecule has 0 aliphatic rings. The minimum absolute atomic E-state index is 0.185. The maximum absolute atomic E-state index is 13.7. The molecule has 0 saturated carbocycles. The number of hydrogen-bond donors (Lipinski definition) is 0. The highest BCUT2D eigenvalue weighted by atomic mass is 19.1. The Labute approximate surface area is 118 Å². The van der Waals surface area contributed by atoms with Gasteiger partial charge in [0.15, 0.2) is 5.82 Å². The van der Waals surface area contributed by atoms with Gasteiger partial charge in [-0.1, -0.05) is 20.8 Å². The lowest BCUT2D eigenvalue weighted by Gasteiger charge is -2.20. The molecule has 0 aliphatic carbocycles. The molecule has 5 heteroatoms. The molecule has 0 N–H and O–H groups in total. The van der Waals surface area contributed by atoms with Crippen molar-refractivity contribution in [2.24, 2.45) is 5.92 Å². The molecular formula is C15H22FNO3. The number of pyridine rings is 1. The molecular weight excluding hydrogens is 261 g/mol. The fraction of sp³-hybridized carbons (Fsp3) is 0.600. The first kappa shape index (κ1) is 16.4. The molecule has 0 fully saturated rings. The van der Waals surface area contributed by atoms with Crippen LogP contribution in [0.3, 0.4) is 0 Å². The third kappa shape index (κ3) is 3.92. The van der Waals surface area contributed by atoms with Gasteiger partial charge in [-0.15, -0.1) is 0 Å². The van der Waals surface area contributed by atoms with Crippen molar-refractivity contribution in [1.82, 2.24) is 4.57 Å². The molecule has 0 aromatic carbocycles. The van der Waals surface area contributed by atoms with Crippen LogP contribution in [-0.2, 0) is 16.0 Å². The van der Waals surface area contributed by atoms with Crippen LogP contribution in [0.2, 0.25) is 0 Å². The molecule has 0 aliphatic heterocycles. The molecule has 4 nitrogen and oxygen atoms in total. The van der Waals surface area contributed by atoms with Crippen molar-refractivity contribution in [3.8, 4) is 0 Å². The van der Waals surface area contributed by atoms with Gasteiger partial charge in [-0.25, -0.2) is 9.18 Å². The van der Waals surface area contributed by atoms with Crippen LogP contribution in [0.15, 0.2) is 17.1 Å². The molecule has 1 aromatic heterocycles. The second kappa shape index (κ2) is 7.22. The second-order valence-electron chi connectivity index (χ2n) is 5.16. The molecule has 1 aromatic rings. The van der Waals surface area contributed by atoms with Gasteiger partial charge in [-0.3, -0.25) is 9.36 Å². The highest BCUT2D eigenvalue weighted by Gasteiger charge is 2.25. The molecule has 0 bridgehead atoms. The third-order valence-electron chi connectivity index (χ3n) is 3.05. The average Bonchev–Trinajstić information content (AvgIpc) is 2.39. The Bertz CT molecular complexity index is 522. The summed E-state index contributed by atoms with van der Waals surface area (Å²) in [4.78, 5) is 24.0. The fourth-order valence-electron chi connectivity index (χ4n) is 2.06. The van der Waals surface area contributed by atoms with E-state index in [1.54, 1.807) is 13.1 Å². The van der Waals surface area contributed by atoms with Crippen LogP contribution < -0.4 is 5.56 Å². The van der Waals surface area contributed by atoms with Crippen molar-refractivity contribution in [3.05, 3.63) is 34.0 Å². The molecule has 20 heavy (non-hydrogen) atoms. The zero-order valence-corrected chi connectivity index (χ0v) is 12.5. The Balaban J connectivity index is 3.28. The number of aromatic nitrogens is 1. The third-order valence-corrected chi connectivity index (χ3v) is 3.05. The van der Waals surface area contributed by atoms with Crippen LogP contribution in [0.25, 0.3) is 0 Å². The largest absolute Gasteiger partial charge is 0.464 e. The average molecular weight is 283 g/mol. The maximum atomic E-state index is 13.7. The summed E-state index contributed by atoms with van der Waals surface area (Å²) < 4.78 is 19.9. The monoisotopic (exact) mass is 283 g/mol. The molecule has 1 unspecified atom stereocenters. The second-order valence-corrected chi connectivity index (χ2v) is 5.16. The molecule has 1 rings (SSSR count). The normalized spacial score (nSPS) is 12.5. The van der Waals surface area contributed by atoms with Crippen molar-refractivity contribution in [1.29, 1.82) is 0 Å². The number of esters is 1. The van der Waals surface area contributed by atoms with Crippen LogP contribution in [0.5, 0.6) is 0 Å². The first-order valence-electron chi connectivity index (χ1n) is 6.97. The maximum Gasteiger partial charge on any atom is 0.329 e. The number of carbonyl (C=O) groups is 1. The SMILES string of the molecule is CCOC(=O)C(CC(C)C)n1cc(CC)cc(F)c1=O. The van der Waals surface area contributed by atoms with Crippen LogP contribution in [0.4, 0.5) is 4.39 Å². The van der Waals surface area contributed by atoms with Gasteiger partial charge in [0, 0.05) is 6.20 Å². The van der Waals surface area contributed by atoms with E-state index >= 15 is 0 Å². The van der Waals surface area contributed by atoms with Crippen molar-refractivity contribution in [2.75, 3.05) is 6.61 Å². The van der Waals surface area contributed by atoms with Crippen molar-refractivity contribution in [3.63, 3.8) is 0 Å². The molecule has 0 radical (unpaired) electrons. The van der Waals surface area contributed by atoms with Crippen LogP contribution in [-0.4, -0.2) is 17.1 Å². The summed E-state index contributed by atoms with van der Waals surface area (Å²) in [7, 11) is 0. The van der Waals surface area contributed by atoms with Gasteiger partial charge in [0.05, 0.1) is 6.61 Å². The lowest BCUT2D eigenvalue weighted by molar-refractivity contribution is -0.147. The van der Waals surface area contributed by atoms with Crippen molar-refractivity contribution in [2.45, 2.75) is 46.6 Å². The van der Waals surface area contributed by atoms with Crippen LogP contribution in [0.1, 0.15) is 45.7 Å². The van der Waals surface area contributed by atoms with E-state index in [0.717, 1.165) is 0 Å². The number of nitrogens with zero attached hydrogens (tertiary/aromatic N) is 1. The summed E-state index contributed by atoms with van der Waals surface area (Å²) in [6.45, 7) is 7.69. The van der Waals surface area contributed by atoms with Gasteiger partial charge >= 0.3 is 5.97 Å². The summed E-state index contributed by atoms with van der Waals surface area (Å²) in [5, 5.41) is 0. The number of halogens is 1. The van der Waals surface area contributed by atoms with E-state index in [1.165, 1.54) is 10.6 Å². The number of carbonyl (C=O) groups excluding carboxylic acids is 1. The van der Waals surface area contributed by atoms with Crippen LogP contribution in [0, 0.1) is 11.7 Å². The fourth-order valence-corrected chi connectivity index (χ4v) is 2.06. The number of rotatable bonds is 6. The molecule has 0 spiro atoms. The minimum Gasteiger partial charge on any atom is -0.464 e. The van der Waals surface area contributed by atoms with E-state index in [-0.39, 0.29) is 12.5 Å².